The molecule has 0 aromatic carbocycles. The smallest absolute Gasteiger partial charge is 0.225 e. The van der Waals surface area contributed by atoms with Gasteiger partial charge in [0.05, 0.1) is 0 Å². The van der Waals surface area contributed by atoms with Crippen molar-refractivity contribution >= 4 is 17.5 Å². The van der Waals surface area contributed by atoms with Gasteiger partial charge < -0.3 is 15.7 Å². The summed E-state index contributed by atoms with van der Waals surface area (Å²) in [6.07, 6.45) is 3.90. The molecule has 144 valence electrons. The highest BCUT2D eigenvalue weighted by atomic mass is 16.3. The van der Waals surface area contributed by atoms with E-state index in [1.165, 1.54) is 0 Å². The number of hydrogen-bond donors (Lipinski definition) is 2. The van der Waals surface area contributed by atoms with Crippen LogP contribution in [0, 0.1) is 25.7 Å². The molecule has 0 unspecified atom stereocenters. The van der Waals surface area contributed by atoms with E-state index < -0.39 is 6.61 Å². The number of nitrogens with two attached hydrogens (primary N) is 1. The highest BCUT2D eigenvalue weighted by Crippen LogP contribution is 2.25. The average Bonchev–Trinajstić information content (AvgIpc) is 2.60. The Bertz CT molecular complexity index is 631. The summed E-state index contributed by atoms with van der Waals surface area (Å²) in [4.78, 5) is 34.2. The average molecular weight is 362 g/mol. The molecule has 1 aromatic rings. The second-order valence-corrected chi connectivity index (χ2v) is 7.33. The van der Waals surface area contributed by atoms with E-state index in [-0.39, 0.29) is 24.0 Å². The second-order valence-electron chi connectivity index (χ2n) is 7.33. The van der Waals surface area contributed by atoms with Crippen molar-refractivity contribution in [3.05, 3.63) is 17.1 Å². The maximum absolute atomic E-state index is 12.4. The number of hydrogen-bond acceptors (Lipinski definition) is 6. The van der Waals surface area contributed by atoms with Gasteiger partial charge in [-0.25, -0.2) is 9.97 Å². The fraction of sp³-hybridized carbons (Fsp3) is 0.684. The molecule has 0 bridgehead atoms. The molecule has 1 aliphatic rings. The number of anilines is 1. The number of nitrogen functional groups attached to an aromatic ring is 1. The molecule has 7 nitrogen and oxygen atoms in total. The lowest BCUT2D eigenvalue weighted by atomic mass is 9.89. The Morgan fingerprint density at radius 2 is 1.92 bits per heavy atom. The normalized spacial score (nSPS) is 16.5. The minimum Gasteiger partial charge on any atom is -0.389 e. The maximum Gasteiger partial charge on any atom is 0.225 e. The molecule has 2 rings (SSSR count). The predicted octanol–water partition coefficient (Wildman–Crippen LogP) is 1.43. The van der Waals surface area contributed by atoms with E-state index in [1.54, 1.807) is 6.92 Å². The number of aliphatic hydroxyl groups excluding tert-OH is 1. The number of rotatable bonds is 7. The molecular weight excluding hydrogens is 332 g/mol. The highest BCUT2D eigenvalue weighted by molar-refractivity contribution is 5.87. The first-order valence-electron chi connectivity index (χ1n) is 9.32. The van der Waals surface area contributed by atoms with Gasteiger partial charge in [0.25, 0.3) is 0 Å². The predicted molar refractivity (Wildman–Crippen MR) is 99.4 cm³/mol. The van der Waals surface area contributed by atoms with Crippen LogP contribution in [0.1, 0.15) is 49.7 Å². The van der Waals surface area contributed by atoms with Gasteiger partial charge in [-0.05, 0) is 45.4 Å². The number of aromatic nitrogens is 2. The lowest BCUT2D eigenvalue weighted by Crippen LogP contribution is -2.41. The Morgan fingerprint density at radius 1 is 1.27 bits per heavy atom. The summed E-state index contributed by atoms with van der Waals surface area (Å²) in [5.41, 5.74) is 8.02. The third kappa shape index (κ3) is 5.24. The Labute approximate surface area is 155 Å². The van der Waals surface area contributed by atoms with Crippen molar-refractivity contribution in [2.24, 2.45) is 11.8 Å². The fourth-order valence-corrected chi connectivity index (χ4v) is 3.67. The molecule has 7 heteroatoms. The first kappa shape index (κ1) is 20.3. The van der Waals surface area contributed by atoms with Gasteiger partial charge in [-0.15, -0.1) is 0 Å². The molecule has 1 atom stereocenters. The largest absolute Gasteiger partial charge is 0.389 e. The van der Waals surface area contributed by atoms with Gasteiger partial charge in [0.15, 0.2) is 5.78 Å². The number of aryl methyl sites for hydroxylation is 2. The third-order valence-corrected chi connectivity index (χ3v) is 5.22. The Balaban J connectivity index is 1.82. The molecular formula is C19H30N4O3. The third-order valence-electron chi connectivity index (χ3n) is 5.22. The van der Waals surface area contributed by atoms with E-state index in [1.807, 2.05) is 18.7 Å². The Hall–Kier alpha value is -2.02. The fourth-order valence-electron chi connectivity index (χ4n) is 3.67. The van der Waals surface area contributed by atoms with Crippen LogP contribution in [0.2, 0.25) is 0 Å². The minimum absolute atomic E-state index is 0.0114. The molecule has 1 amide bonds. The zero-order valence-electron chi connectivity index (χ0n) is 16.0. The SMILES string of the molecule is Cc1nc(C)c(CCC2CCN(C(=O)[C@H](C)CC(=O)CO)CC2)c(N)n1. The van der Waals surface area contributed by atoms with Crippen molar-refractivity contribution < 1.29 is 14.7 Å². The van der Waals surface area contributed by atoms with Crippen LogP contribution in [0.5, 0.6) is 0 Å². The standard InChI is InChI=1S/C19H30N4O3/c1-12(10-16(25)11-24)19(26)23-8-6-15(7-9-23)4-5-17-13(2)21-14(3)22-18(17)20/h12,15,24H,4-11H2,1-3H3,(H2,20,21,22)/t12-/m1/s1. The number of aliphatic hydroxyl groups is 1. The first-order chi connectivity index (χ1) is 12.3. The summed E-state index contributed by atoms with van der Waals surface area (Å²) in [5, 5.41) is 8.83. The number of Topliss-reactive ketones (excluding diaryl/α,β-unsaturated/α-hetero) is 1. The summed E-state index contributed by atoms with van der Waals surface area (Å²) < 4.78 is 0. The van der Waals surface area contributed by atoms with Crippen LogP contribution in [0.4, 0.5) is 5.82 Å². The zero-order chi connectivity index (χ0) is 19.3. The number of amides is 1. The van der Waals surface area contributed by atoms with Crippen LogP contribution >= 0.6 is 0 Å². The Kier molecular flexibility index (Phi) is 7.08. The van der Waals surface area contributed by atoms with Crippen molar-refractivity contribution in [2.45, 2.75) is 52.9 Å². The Morgan fingerprint density at radius 3 is 2.50 bits per heavy atom. The van der Waals surface area contributed by atoms with Gasteiger partial charge in [-0.2, -0.15) is 0 Å². The van der Waals surface area contributed by atoms with E-state index in [4.69, 9.17) is 10.8 Å². The summed E-state index contributed by atoms with van der Waals surface area (Å²) in [5.74, 6) is 1.19. The van der Waals surface area contributed by atoms with Gasteiger partial charge in [0, 0.05) is 36.7 Å². The van der Waals surface area contributed by atoms with Gasteiger partial charge in [0.2, 0.25) is 5.91 Å². The van der Waals surface area contributed by atoms with Gasteiger partial charge >= 0.3 is 0 Å². The zero-order valence-corrected chi connectivity index (χ0v) is 16.0. The van der Waals surface area contributed by atoms with Crippen molar-refractivity contribution in [2.75, 3.05) is 25.4 Å². The summed E-state index contributed by atoms with van der Waals surface area (Å²) in [6, 6.07) is 0. The lowest BCUT2D eigenvalue weighted by molar-refractivity contribution is -0.139. The van der Waals surface area contributed by atoms with Crippen molar-refractivity contribution in [1.29, 1.82) is 0 Å². The molecule has 0 saturated carbocycles. The molecule has 1 aliphatic heterocycles. The van der Waals surface area contributed by atoms with E-state index in [0.29, 0.717) is 17.6 Å². The second kappa shape index (κ2) is 9.07. The number of carbonyl (C=O) groups excluding carboxylic acids is 2. The van der Waals surface area contributed by atoms with Crippen molar-refractivity contribution in [3.63, 3.8) is 0 Å². The maximum atomic E-state index is 12.4. The number of ketones is 1. The lowest BCUT2D eigenvalue weighted by Gasteiger charge is -2.33. The molecule has 1 aromatic heterocycles. The van der Waals surface area contributed by atoms with Crippen molar-refractivity contribution in [3.8, 4) is 0 Å². The summed E-state index contributed by atoms with van der Waals surface area (Å²) in [7, 11) is 0. The molecule has 0 aliphatic carbocycles. The van der Waals surface area contributed by atoms with Crippen LogP contribution in [0.25, 0.3) is 0 Å². The number of likely N-dealkylation sites (tertiary alicyclic amines) is 1. The van der Waals surface area contributed by atoms with E-state index in [0.717, 1.165) is 50.0 Å². The number of nitrogens with zero attached hydrogens (tertiary/aromatic N) is 3. The topological polar surface area (TPSA) is 109 Å². The van der Waals surface area contributed by atoms with Crippen LogP contribution < -0.4 is 5.73 Å². The van der Waals surface area contributed by atoms with E-state index in [9.17, 15) is 9.59 Å². The number of carbonyl (C=O) groups is 2. The molecule has 0 spiro atoms. The van der Waals surface area contributed by atoms with Gasteiger partial charge in [-0.3, -0.25) is 9.59 Å². The van der Waals surface area contributed by atoms with Crippen LogP contribution in [0.3, 0.4) is 0 Å². The molecule has 1 fully saturated rings. The molecule has 3 N–H and O–H groups in total. The van der Waals surface area contributed by atoms with Crippen LogP contribution in [-0.2, 0) is 16.0 Å². The summed E-state index contributed by atoms with van der Waals surface area (Å²) in [6.45, 7) is 6.52. The van der Waals surface area contributed by atoms with Crippen LogP contribution in [-0.4, -0.2) is 51.4 Å². The van der Waals surface area contributed by atoms with Crippen LogP contribution in [0.15, 0.2) is 0 Å². The summed E-state index contributed by atoms with van der Waals surface area (Å²) >= 11 is 0. The van der Waals surface area contributed by atoms with E-state index in [2.05, 4.69) is 9.97 Å². The molecule has 2 heterocycles. The quantitative estimate of drug-likeness (QED) is 0.759. The molecule has 1 saturated heterocycles. The number of piperidine rings is 1. The first-order valence-corrected chi connectivity index (χ1v) is 9.32. The van der Waals surface area contributed by atoms with E-state index >= 15 is 0 Å². The highest BCUT2D eigenvalue weighted by Gasteiger charge is 2.27. The van der Waals surface area contributed by atoms with Gasteiger partial charge in [0.1, 0.15) is 18.2 Å². The molecule has 0 radical (unpaired) electrons. The van der Waals surface area contributed by atoms with Gasteiger partial charge in [-0.1, -0.05) is 6.92 Å². The molecule has 26 heavy (non-hydrogen) atoms. The van der Waals surface area contributed by atoms with Crippen molar-refractivity contribution in [1.82, 2.24) is 14.9 Å². The minimum atomic E-state index is -0.495. The monoisotopic (exact) mass is 362 g/mol.